The monoisotopic (exact) mass is 781 g/mol. The highest BCUT2D eigenvalue weighted by Crippen LogP contribution is 2.43. The zero-order valence-corrected chi connectivity index (χ0v) is 35.8. The maximum atomic E-state index is 12.8. The Morgan fingerprint density at radius 3 is 1.56 bits per heavy atom. The van der Waals surface area contributed by atoms with Crippen molar-refractivity contribution in [3.05, 3.63) is 48.6 Å². The Hall–Kier alpha value is -1.54. The molecule has 316 valence electrons. The van der Waals surface area contributed by atoms with Crippen molar-refractivity contribution < 1.29 is 28.4 Å². The molecule has 0 aliphatic rings. The SMILES string of the molecule is CCCCCC/C=C\C/C=C\CCCCCCCCCC(=O)NC(COP(=O)(O)OCCN)C(O)/C=C/CC/C=C/CCCCCCCCCCCCC. The average molecular weight is 781 g/mol. The molecule has 0 spiro atoms. The van der Waals surface area contributed by atoms with Gasteiger partial charge in [0.2, 0.25) is 5.91 Å². The van der Waals surface area contributed by atoms with Gasteiger partial charge in [0, 0.05) is 13.0 Å². The second-order valence-electron chi connectivity index (χ2n) is 14.9. The third-order valence-electron chi connectivity index (χ3n) is 9.63. The van der Waals surface area contributed by atoms with Crippen molar-refractivity contribution >= 4 is 13.7 Å². The summed E-state index contributed by atoms with van der Waals surface area (Å²) < 4.78 is 22.1. The Kier molecular flexibility index (Phi) is 39.9. The third-order valence-corrected chi connectivity index (χ3v) is 10.6. The first kappa shape index (κ1) is 52.5. The Labute approximate surface area is 332 Å². The lowest BCUT2D eigenvalue weighted by Crippen LogP contribution is -2.45. The molecule has 0 saturated carbocycles. The standard InChI is InChI=1S/C45H85N2O6P/c1-3-5-7-9-11-13-15-17-19-21-23-25-27-29-31-33-35-37-39-45(49)47-43(42-53-54(50,51)52-41-40-46)44(48)38-36-34-32-30-28-26-24-22-20-18-16-14-12-10-8-6-4-2/h13,15,19,21,28,30,36,38,43-44,48H,3-12,14,16-18,20,22-27,29,31-35,37,39-42,46H2,1-2H3,(H,47,49)(H,50,51)/b15-13-,21-19-,30-28+,38-36+. The van der Waals surface area contributed by atoms with Crippen LogP contribution in [0.1, 0.15) is 200 Å². The molecular weight excluding hydrogens is 695 g/mol. The van der Waals surface area contributed by atoms with Gasteiger partial charge in [-0.3, -0.25) is 13.8 Å². The predicted molar refractivity (Wildman–Crippen MR) is 231 cm³/mol. The first-order valence-corrected chi connectivity index (χ1v) is 23.8. The first-order chi connectivity index (χ1) is 26.4. The number of nitrogens with one attached hydrogen (secondary N) is 1. The molecule has 0 aromatic rings. The molecule has 3 unspecified atom stereocenters. The summed E-state index contributed by atoms with van der Waals surface area (Å²) in [6, 6.07) is -0.882. The lowest BCUT2D eigenvalue weighted by atomic mass is 10.1. The largest absolute Gasteiger partial charge is 0.472 e. The van der Waals surface area contributed by atoms with Gasteiger partial charge in [-0.25, -0.2) is 4.57 Å². The molecule has 8 nitrogen and oxygen atoms in total. The first-order valence-electron chi connectivity index (χ1n) is 22.3. The second-order valence-corrected chi connectivity index (χ2v) is 16.3. The van der Waals surface area contributed by atoms with Gasteiger partial charge in [-0.1, -0.05) is 178 Å². The van der Waals surface area contributed by atoms with Gasteiger partial charge in [0.25, 0.3) is 0 Å². The highest BCUT2D eigenvalue weighted by Gasteiger charge is 2.26. The number of rotatable bonds is 41. The molecular formula is C45H85N2O6P. The molecule has 0 aromatic heterocycles. The van der Waals surface area contributed by atoms with Gasteiger partial charge < -0.3 is 21.1 Å². The molecule has 0 rings (SSSR count). The van der Waals surface area contributed by atoms with E-state index < -0.39 is 20.0 Å². The molecule has 9 heteroatoms. The van der Waals surface area contributed by atoms with Gasteiger partial charge in [-0.05, 0) is 64.2 Å². The van der Waals surface area contributed by atoms with Crippen molar-refractivity contribution in [1.29, 1.82) is 0 Å². The number of amides is 1. The number of phosphoric acid groups is 1. The summed E-state index contributed by atoms with van der Waals surface area (Å²) in [4.78, 5) is 22.7. The molecule has 54 heavy (non-hydrogen) atoms. The summed E-state index contributed by atoms with van der Waals surface area (Å²) in [5.74, 6) is -0.213. The normalized spacial score (nSPS) is 14.5. The lowest BCUT2D eigenvalue weighted by molar-refractivity contribution is -0.123. The molecule has 0 fully saturated rings. The zero-order valence-electron chi connectivity index (χ0n) is 35.0. The summed E-state index contributed by atoms with van der Waals surface area (Å²) in [6.07, 6.45) is 50.2. The minimum absolute atomic E-state index is 0.0714. The molecule has 0 aliphatic heterocycles. The molecule has 3 atom stereocenters. The molecule has 0 heterocycles. The van der Waals surface area contributed by atoms with Crippen LogP contribution in [0.15, 0.2) is 48.6 Å². The van der Waals surface area contributed by atoms with E-state index in [0.717, 1.165) is 57.8 Å². The van der Waals surface area contributed by atoms with E-state index in [1.807, 2.05) is 6.08 Å². The quantitative estimate of drug-likeness (QED) is 0.0276. The minimum Gasteiger partial charge on any atom is -0.387 e. The number of unbranched alkanes of at least 4 members (excludes halogenated alkanes) is 23. The average Bonchev–Trinajstić information content (AvgIpc) is 3.16. The number of carbonyl (C=O) groups excluding carboxylic acids is 1. The van der Waals surface area contributed by atoms with Crippen LogP contribution in [-0.4, -0.2) is 47.8 Å². The maximum Gasteiger partial charge on any atom is 0.472 e. The summed E-state index contributed by atoms with van der Waals surface area (Å²) in [5, 5.41) is 13.7. The number of hydrogen-bond acceptors (Lipinski definition) is 6. The van der Waals surface area contributed by atoms with Gasteiger partial charge in [-0.15, -0.1) is 0 Å². The molecule has 5 N–H and O–H groups in total. The Morgan fingerprint density at radius 1 is 0.611 bits per heavy atom. The predicted octanol–water partition coefficient (Wildman–Crippen LogP) is 12.5. The zero-order chi connectivity index (χ0) is 39.6. The summed E-state index contributed by atoms with van der Waals surface area (Å²) in [7, 11) is -4.35. The number of phosphoric ester groups is 1. The highest BCUT2D eigenvalue weighted by atomic mass is 31.2. The van der Waals surface area contributed by atoms with Crippen molar-refractivity contribution in [2.24, 2.45) is 5.73 Å². The van der Waals surface area contributed by atoms with Crippen LogP contribution in [0, 0.1) is 0 Å². The Bertz CT molecular complexity index is 985. The highest BCUT2D eigenvalue weighted by molar-refractivity contribution is 7.47. The maximum absolute atomic E-state index is 12.8. The molecule has 1 amide bonds. The van der Waals surface area contributed by atoms with Gasteiger partial charge in [0.15, 0.2) is 0 Å². The fourth-order valence-electron chi connectivity index (χ4n) is 6.24. The second kappa shape index (κ2) is 41.1. The van der Waals surface area contributed by atoms with Crippen LogP contribution >= 0.6 is 7.82 Å². The van der Waals surface area contributed by atoms with E-state index in [9.17, 15) is 19.4 Å². The lowest BCUT2D eigenvalue weighted by Gasteiger charge is -2.23. The topological polar surface area (TPSA) is 131 Å². The Balaban J connectivity index is 4.27. The van der Waals surface area contributed by atoms with Crippen molar-refractivity contribution in [2.45, 2.75) is 212 Å². The number of carbonyl (C=O) groups is 1. The van der Waals surface area contributed by atoms with Crippen LogP contribution in [-0.2, 0) is 18.4 Å². The fraction of sp³-hybridized carbons (Fsp3) is 0.800. The van der Waals surface area contributed by atoms with Crippen LogP contribution in [0.5, 0.6) is 0 Å². The van der Waals surface area contributed by atoms with Crippen LogP contribution in [0.4, 0.5) is 0 Å². The van der Waals surface area contributed by atoms with E-state index in [0.29, 0.717) is 6.42 Å². The van der Waals surface area contributed by atoms with E-state index in [4.69, 9.17) is 14.8 Å². The van der Waals surface area contributed by atoms with Gasteiger partial charge in [0.1, 0.15) is 0 Å². The van der Waals surface area contributed by atoms with Gasteiger partial charge in [-0.2, -0.15) is 0 Å². The van der Waals surface area contributed by atoms with E-state index >= 15 is 0 Å². The third kappa shape index (κ3) is 38.7. The molecule has 0 bridgehead atoms. The summed E-state index contributed by atoms with van der Waals surface area (Å²) in [6.45, 7) is 4.09. The summed E-state index contributed by atoms with van der Waals surface area (Å²) >= 11 is 0. The van der Waals surface area contributed by atoms with E-state index in [1.54, 1.807) is 6.08 Å². The minimum atomic E-state index is -4.35. The molecule has 0 radical (unpaired) electrons. The smallest absolute Gasteiger partial charge is 0.387 e. The van der Waals surface area contributed by atoms with Crippen LogP contribution < -0.4 is 11.1 Å². The number of nitrogens with two attached hydrogens (primary N) is 1. The van der Waals surface area contributed by atoms with E-state index in [2.05, 4.69) is 55.6 Å². The Morgan fingerprint density at radius 2 is 1.04 bits per heavy atom. The molecule has 0 saturated heterocycles. The summed E-state index contributed by atoms with van der Waals surface area (Å²) in [5.41, 5.74) is 5.37. The van der Waals surface area contributed by atoms with Crippen molar-refractivity contribution in [2.75, 3.05) is 19.8 Å². The van der Waals surface area contributed by atoms with Gasteiger partial charge >= 0.3 is 7.82 Å². The van der Waals surface area contributed by atoms with Crippen LogP contribution in [0.3, 0.4) is 0 Å². The molecule has 0 aromatic carbocycles. The van der Waals surface area contributed by atoms with Crippen LogP contribution in [0.25, 0.3) is 0 Å². The van der Waals surface area contributed by atoms with Crippen molar-refractivity contribution in [3.63, 3.8) is 0 Å². The van der Waals surface area contributed by atoms with E-state index in [1.165, 1.54) is 122 Å². The number of aliphatic hydroxyl groups is 1. The fourth-order valence-corrected chi connectivity index (χ4v) is 7.00. The molecule has 0 aliphatic carbocycles. The van der Waals surface area contributed by atoms with E-state index in [-0.39, 0.29) is 25.7 Å². The van der Waals surface area contributed by atoms with Crippen molar-refractivity contribution in [1.82, 2.24) is 5.32 Å². The van der Waals surface area contributed by atoms with Crippen molar-refractivity contribution in [3.8, 4) is 0 Å². The van der Waals surface area contributed by atoms with Gasteiger partial charge in [0.05, 0.1) is 25.4 Å². The number of aliphatic hydroxyl groups excluding tert-OH is 1. The number of hydrogen-bond donors (Lipinski definition) is 4. The number of allylic oxidation sites excluding steroid dienone is 7. The van der Waals surface area contributed by atoms with Crippen LogP contribution in [0.2, 0.25) is 0 Å².